The molecule has 18 heavy (non-hydrogen) atoms. The number of aliphatic hydroxyl groups excluding tert-OH is 1. The minimum atomic E-state index is 0.196. The van der Waals surface area contributed by atoms with Crippen LogP contribution in [-0.4, -0.2) is 11.7 Å². The van der Waals surface area contributed by atoms with E-state index < -0.39 is 0 Å². The Balaban J connectivity index is 2.01. The van der Waals surface area contributed by atoms with Crippen LogP contribution >= 0.6 is 38.9 Å². The van der Waals surface area contributed by atoms with E-state index in [2.05, 4.69) is 28.1 Å². The summed E-state index contributed by atoms with van der Waals surface area (Å²) in [6.07, 6.45) is 1.76. The first kappa shape index (κ1) is 14.1. The maximum absolute atomic E-state index is 9.48. The molecular formula is C14H14BrClOS. The Hall–Kier alpha value is -0.350. The third kappa shape index (κ3) is 4.09. The molecule has 0 aliphatic rings. The van der Waals surface area contributed by atoms with Gasteiger partial charge < -0.3 is 5.11 Å². The van der Waals surface area contributed by atoms with Gasteiger partial charge in [0.05, 0.1) is 3.79 Å². The summed E-state index contributed by atoms with van der Waals surface area (Å²) in [5, 5.41) is 10.2. The third-order valence-electron chi connectivity index (χ3n) is 2.79. The number of benzene rings is 1. The summed E-state index contributed by atoms with van der Waals surface area (Å²) in [5.41, 5.74) is 1.18. The minimum Gasteiger partial charge on any atom is -0.396 e. The molecule has 1 N–H and O–H groups in total. The van der Waals surface area contributed by atoms with Gasteiger partial charge >= 0.3 is 0 Å². The summed E-state index contributed by atoms with van der Waals surface area (Å²) in [7, 11) is 0. The molecule has 1 nitrogen and oxygen atoms in total. The van der Waals surface area contributed by atoms with Crippen molar-refractivity contribution in [1.82, 2.24) is 0 Å². The van der Waals surface area contributed by atoms with Gasteiger partial charge in [-0.05, 0) is 64.5 Å². The smallest absolute Gasteiger partial charge is 0.0701 e. The van der Waals surface area contributed by atoms with Gasteiger partial charge in [-0.1, -0.05) is 23.7 Å². The molecule has 96 valence electrons. The van der Waals surface area contributed by atoms with E-state index in [4.69, 9.17) is 11.6 Å². The predicted molar refractivity (Wildman–Crippen MR) is 81.5 cm³/mol. The van der Waals surface area contributed by atoms with Gasteiger partial charge in [0.1, 0.15) is 0 Å². The van der Waals surface area contributed by atoms with Crippen molar-refractivity contribution >= 4 is 38.9 Å². The van der Waals surface area contributed by atoms with E-state index in [9.17, 15) is 5.11 Å². The molecule has 0 saturated heterocycles. The Bertz CT molecular complexity index is 512. The molecule has 0 radical (unpaired) electrons. The molecule has 2 rings (SSSR count). The fourth-order valence-electron chi connectivity index (χ4n) is 1.94. The Labute approximate surface area is 125 Å². The second-order valence-corrected chi connectivity index (χ2v) is 7.28. The largest absolute Gasteiger partial charge is 0.396 e. The van der Waals surface area contributed by atoms with E-state index >= 15 is 0 Å². The zero-order chi connectivity index (χ0) is 13.0. The summed E-state index contributed by atoms with van der Waals surface area (Å²) in [6, 6.07) is 12.0. The van der Waals surface area contributed by atoms with Gasteiger partial charge in [-0.15, -0.1) is 11.3 Å². The van der Waals surface area contributed by atoms with E-state index in [-0.39, 0.29) is 12.5 Å². The SMILES string of the molecule is OCC(Cc1cccc(Cl)c1)Cc1ccc(Br)s1. The predicted octanol–water partition coefficient (Wildman–Crippen LogP) is 4.56. The average molecular weight is 346 g/mol. The van der Waals surface area contributed by atoms with Gasteiger partial charge in [0.2, 0.25) is 0 Å². The van der Waals surface area contributed by atoms with Crippen molar-refractivity contribution in [2.45, 2.75) is 12.8 Å². The zero-order valence-electron chi connectivity index (χ0n) is 9.77. The molecule has 1 atom stereocenters. The zero-order valence-corrected chi connectivity index (χ0v) is 12.9. The number of rotatable bonds is 5. The third-order valence-corrected chi connectivity index (χ3v) is 4.67. The minimum absolute atomic E-state index is 0.196. The van der Waals surface area contributed by atoms with Crippen molar-refractivity contribution < 1.29 is 5.11 Å². The topological polar surface area (TPSA) is 20.2 Å². The molecule has 1 aromatic heterocycles. The Morgan fingerprint density at radius 3 is 2.67 bits per heavy atom. The molecule has 2 aromatic rings. The van der Waals surface area contributed by atoms with Crippen molar-refractivity contribution in [1.29, 1.82) is 0 Å². The monoisotopic (exact) mass is 344 g/mol. The van der Waals surface area contributed by atoms with Gasteiger partial charge in [0.15, 0.2) is 0 Å². The van der Waals surface area contributed by atoms with Crippen molar-refractivity contribution in [3.05, 3.63) is 55.6 Å². The lowest BCUT2D eigenvalue weighted by Crippen LogP contribution is -2.12. The molecule has 0 aliphatic carbocycles. The summed E-state index contributed by atoms with van der Waals surface area (Å²) in [6.45, 7) is 0.196. The van der Waals surface area contributed by atoms with Crippen LogP contribution in [-0.2, 0) is 12.8 Å². The lowest BCUT2D eigenvalue weighted by Gasteiger charge is -2.13. The van der Waals surface area contributed by atoms with E-state index in [1.165, 1.54) is 10.4 Å². The number of hydrogen-bond donors (Lipinski definition) is 1. The summed E-state index contributed by atoms with van der Waals surface area (Å²) < 4.78 is 1.14. The van der Waals surface area contributed by atoms with E-state index in [1.54, 1.807) is 11.3 Å². The van der Waals surface area contributed by atoms with E-state index in [0.717, 1.165) is 21.7 Å². The second kappa shape index (κ2) is 6.71. The number of aliphatic hydroxyl groups is 1. The van der Waals surface area contributed by atoms with Crippen molar-refractivity contribution in [3.63, 3.8) is 0 Å². The molecule has 1 aromatic carbocycles. The molecule has 4 heteroatoms. The van der Waals surface area contributed by atoms with Gasteiger partial charge in [0.25, 0.3) is 0 Å². The molecule has 0 fully saturated rings. The lowest BCUT2D eigenvalue weighted by atomic mass is 9.96. The molecule has 0 spiro atoms. The van der Waals surface area contributed by atoms with Crippen LogP contribution in [0.4, 0.5) is 0 Å². The van der Waals surface area contributed by atoms with Crippen LogP contribution in [0.3, 0.4) is 0 Å². The molecule has 0 bridgehead atoms. The highest BCUT2D eigenvalue weighted by Gasteiger charge is 2.11. The van der Waals surface area contributed by atoms with Gasteiger partial charge in [-0.2, -0.15) is 0 Å². The summed E-state index contributed by atoms with van der Waals surface area (Å²) in [5.74, 6) is 0.244. The van der Waals surface area contributed by atoms with Crippen LogP contribution in [0.1, 0.15) is 10.4 Å². The van der Waals surface area contributed by atoms with Crippen LogP contribution in [0.2, 0.25) is 5.02 Å². The van der Waals surface area contributed by atoms with Crippen molar-refractivity contribution in [2.24, 2.45) is 5.92 Å². The molecule has 0 amide bonds. The van der Waals surface area contributed by atoms with Crippen LogP contribution < -0.4 is 0 Å². The molecule has 1 heterocycles. The first-order valence-electron chi connectivity index (χ1n) is 5.77. The summed E-state index contributed by atoms with van der Waals surface area (Å²) >= 11 is 11.2. The van der Waals surface area contributed by atoms with Gasteiger partial charge in [-0.3, -0.25) is 0 Å². The highest BCUT2D eigenvalue weighted by Crippen LogP contribution is 2.25. The first-order valence-corrected chi connectivity index (χ1v) is 7.75. The maximum Gasteiger partial charge on any atom is 0.0701 e. The number of thiophene rings is 1. The molecular weight excluding hydrogens is 332 g/mol. The standard InChI is InChI=1S/C14H14BrClOS/c15-14-5-4-13(18-14)8-11(9-17)6-10-2-1-3-12(16)7-10/h1-5,7,11,17H,6,8-9H2. The van der Waals surface area contributed by atoms with E-state index in [0.29, 0.717) is 0 Å². The van der Waals surface area contributed by atoms with E-state index in [1.807, 2.05) is 24.3 Å². The molecule has 0 aliphatic heterocycles. The number of hydrogen-bond acceptors (Lipinski definition) is 2. The fraction of sp³-hybridized carbons (Fsp3) is 0.286. The van der Waals surface area contributed by atoms with Crippen molar-refractivity contribution in [2.75, 3.05) is 6.61 Å². The highest BCUT2D eigenvalue weighted by molar-refractivity contribution is 9.11. The fourth-order valence-corrected chi connectivity index (χ4v) is 3.75. The summed E-state index contributed by atoms with van der Waals surface area (Å²) in [4.78, 5) is 1.29. The first-order chi connectivity index (χ1) is 8.67. The highest BCUT2D eigenvalue weighted by atomic mass is 79.9. The Morgan fingerprint density at radius 2 is 2.06 bits per heavy atom. The second-order valence-electron chi connectivity index (χ2n) is 4.29. The Morgan fingerprint density at radius 1 is 1.22 bits per heavy atom. The van der Waals surface area contributed by atoms with Gasteiger partial charge in [0, 0.05) is 16.5 Å². The van der Waals surface area contributed by atoms with Crippen LogP contribution in [0, 0.1) is 5.92 Å². The maximum atomic E-state index is 9.48. The van der Waals surface area contributed by atoms with Crippen LogP contribution in [0.25, 0.3) is 0 Å². The molecule has 0 saturated carbocycles. The lowest BCUT2D eigenvalue weighted by molar-refractivity contribution is 0.225. The van der Waals surface area contributed by atoms with Gasteiger partial charge in [-0.25, -0.2) is 0 Å². The quantitative estimate of drug-likeness (QED) is 0.842. The number of halogens is 2. The normalized spacial score (nSPS) is 12.6. The Kier molecular flexibility index (Phi) is 5.25. The molecule has 1 unspecified atom stereocenters. The van der Waals surface area contributed by atoms with Crippen LogP contribution in [0.15, 0.2) is 40.2 Å². The van der Waals surface area contributed by atoms with Crippen molar-refractivity contribution in [3.8, 4) is 0 Å². The average Bonchev–Trinajstić information content (AvgIpc) is 2.74. The van der Waals surface area contributed by atoms with Crippen LogP contribution in [0.5, 0.6) is 0 Å².